The molecule has 1 aromatic rings. The van der Waals surface area contributed by atoms with Gasteiger partial charge in [0.15, 0.2) is 0 Å². The van der Waals surface area contributed by atoms with Gasteiger partial charge in [0, 0.05) is 26.1 Å². The summed E-state index contributed by atoms with van der Waals surface area (Å²) in [6.07, 6.45) is 8.72. The number of fused-ring (bicyclic) bond motifs is 2. The van der Waals surface area contributed by atoms with Crippen LogP contribution in [0, 0.1) is 5.92 Å². The zero-order valence-corrected chi connectivity index (χ0v) is 15.8. The standard InChI is InChI=1S/C22H30N2O2/c1-16(25)23-14-12-17-7-2-4-10-19(17)21(23)15-22(26)24-13-6-9-18-8-3-5-11-20(18)24/h2,4,7,10,18,20-21H,3,5-6,8-9,11-15H2,1H3. The van der Waals surface area contributed by atoms with E-state index in [0.717, 1.165) is 32.4 Å². The van der Waals surface area contributed by atoms with Crippen molar-refractivity contribution in [3.63, 3.8) is 0 Å². The highest BCUT2D eigenvalue weighted by Crippen LogP contribution is 2.38. The molecule has 4 rings (SSSR count). The Bertz CT molecular complexity index is 684. The summed E-state index contributed by atoms with van der Waals surface area (Å²) in [5, 5.41) is 0. The molecule has 26 heavy (non-hydrogen) atoms. The van der Waals surface area contributed by atoms with Gasteiger partial charge < -0.3 is 9.80 Å². The Morgan fingerprint density at radius 3 is 2.62 bits per heavy atom. The van der Waals surface area contributed by atoms with Crippen LogP contribution in [0.2, 0.25) is 0 Å². The zero-order chi connectivity index (χ0) is 18.1. The number of hydrogen-bond donors (Lipinski definition) is 0. The van der Waals surface area contributed by atoms with E-state index in [1.165, 1.54) is 36.8 Å². The van der Waals surface area contributed by atoms with Gasteiger partial charge in [-0.1, -0.05) is 37.1 Å². The third-order valence-corrected chi connectivity index (χ3v) is 6.75. The first kappa shape index (κ1) is 17.6. The number of carbonyl (C=O) groups excluding carboxylic acids is 2. The van der Waals surface area contributed by atoms with Crippen LogP contribution in [0.5, 0.6) is 0 Å². The number of nitrogens with zero attached hydrogens (tertiary/aromatic N) is 2. The van der Waals surface area contributed by atoms with E-state index in [1.54, 1.807) is 6.92 Å². The molecule has 0 aromatic heterocycles. The first-order valence-corrected chi connectivity index (χ1v) is 10.3. The Morgan fingerprint density at radius 1 is 1.00 bits per heavy atom. The van der Waals surface area contributed by atoms with Gasteiger partial charge in [-0.3, -0.25) is 9.59 Å². The van der Waals surface area contributed by atoms with Gasteiger partial charge in [-0.15, -0.1) is 0 Å². The van der Waals surface area contributed by atoms with Crippen LogP contribution in [0.25, 0.3) is 0 Å². The molecule has 1 saturated carbocycles. The monoisotopic (exact) mass is 354 g/mol. The molecule has 3 atom stereocenters. The fourth-order valence-corrected chi connectivity index (χ4v) is 5.47. The van der Waals surface area contributed by atoms with Crippen molar-refractivity contribution in [3.05, 3.63) is 35.4 Å². The van der Waals surface area contributed by atoms with Crippen molar-refractivity contribution in [1.82, 2.24) is 9.80 Å². The quantitative estimate of drug-likeness (QED) is 0.812. The van der Waals surface area contributed by atoms with Gasteiger partial charge >= 0.3 is 0 Å². The summed E-state index contributed by atoms with van der Waals surface area (Å²) < 4.78 is 0. The van der Waals surface area contributed by atoms with E-state index in [0.29, 0.717) is 18.4 Å². The molecule has 2 fully saturated rings. The summed E-state index contributed by atoms with van der Waals surface area (Å²) in [7, 11) is 0. The molecule has 4 heteroatoms. The fraction of sp³-hybridized carbons (Fsp3) is 0.636. The van der Waals surface area contributed by atoms with E-state index >= 15 is 0 Å². The van der Waals surface area contributed by atoms with Crippen LogP contribution in [0.15, 0.2) is 24.3 Å². The molecule has 1 aliphatic carbocycles. The van der Waals surface area contributed by atoms with Gasteiger partial charge in [0.2, 0.25) is 11.8 Å². The lowest BCUT2D eigenvalue weighted by atomic mass is 9.78. The topological polar surface area (TPSA) is 40.6 Å². The van der Waals surface area contributed by atoms with Crippen LogP contribution in [0.1, 0.15) is 69.0 Å². The van der Waals surface area contributed by atoms with Gasteiger partial charge in [0.25, 0.3) is 0 Å². The van der Waals surface area contributed by atoms with E-state index in [2.05, 4.69) is 23.1 Å². The fourth-order valence-electron chi connectivity index (χ4n) is 5.47. The molecule has 2 heterocycles. The largest absolute Gasteiger partial charge is 0.339 e. The molecule has 1 saturated heterocycles. The first-order chi connectivity index (χ1) is 12.6. The second-order valence-corrected chi connectivity index (χ2v) is 8.22. The highest BCUT2D eigenvalue weighted by Gasteiger charge is 2.38. The molecule has 3 unspecified atom stereocenters. The molecule has 0 bridgehead atoms. The summed E-state index contributed by atoms with van der Waals surface area (Å²) in [6.45, 7) is 3.24. The van der Waals surface area contributed by atoms with E-state index < -0.39 is 0 Å². The van der Waals surface area contributed by atoms with E-state index in [4.69, 9.17) is 0 Å². The van der Waals surface area contributed by atoms with Crippen LogP contribution >= 0.6 is 0 Å². The Kier molecular flexibility index (Phi) is 5.01. The van der Waals surface area contributed by atoms with Crippen LogP contribution < -0.4 is 0 Å². The molecular formula is C22H30N2O2. The number of rotatable bonds is 2. The van der Waals surface area contributed by atoms with Crippen LogP contribution in [-0.2, 0) is 16.0 Å². The Morgan fingerprint density at radius 2 is 1.77 bits per heavy atom. The molecule has 140 valence electrons. The van der Waals surface area contributed by atoms with Gasteiger partial charge in [0.1, 0.15) is 0 Å². The average molecular weight is 354 g/mol. The normalized spacial score (nSPS) is 28.3. The lowest BCUT2D eigenvalue weighted by Crippen LogP contribution is -2.51. The summed E-state index contributed by atoms with van der Waals surface area (Å²) in [4.78, 5) is 29.6. The second-order valence-electron chi connectivity index (χ2n) is 8.22. The third kappa shape index (κ3) is 3.26. The number of piperidine rings is 1. The number of likely N-dealkylation sites (tertiary alicyclic amines) is 1. The summed E-state index contributed by atoms with van der Waals surface area (Å²) in [5.41, 5.74) is 2.46. The van der Waals surface area contributed by atoms with Crippen LogP contribution in [-0.4, -0.2) is 40.7 Å². The average Bonchev–Trinajstić information content (AvgIpc) is 2.67. The van der Waals surface area contributed by atoms with Crippen LogP contribution in [0.3, 0.4) is 0 Å². The number of amides is 2. The van der Waals surface area contributed by atoms with Crippen molar-refractivity contribution >= 4 is 11.8 Å². The van der Waals surface area contributed by atoms with Gasteiger partial charge in [0.05, 0.1) is 12.5 Å². The molecule has 1 aromatic carbocycles. The molecule has 2 aliphatic heterocycles. The first-order valence-electron chi connectivity index (χ1n) is 10.3. The summed E-state index contributed by atoms with van der Waals surface area (Å²) in [5.74, 6) is 1.02. The number of benzene rings is 1. The maximum absolute atomic E-state index is 13.3. The van der Waals surface area contributed by atoms with E-state index in [9.17, 15) is 9.59 Å². The van der Waals surface area contributed by atoms with Crippen molar-refractivity contribution in [1.29, 1.82) is 0 Å². The highest BCUT2D eigenvalue weighted by molar-refractivity contribution is 5.80. The third-order valence-electron chi connectivity index (χ3n) is 6.75. The maximum atomic E-state index is 13.3. The minimum atomic E-state index is -0.103. The lowest BCUT2D eigenvalue weighted by molar-refractivity contribution is -0.141. The molecule has 0 spiro atoms. The number of hydrogen-bond acceptors (Lipinski definition) is 2. The molecule has 0 radical (unpaired) electrons. The van der Waals surface area contributed by atoms with Crippen molar-refractivity contribution in [2.75, 3.05) is 13.1 Å². The Balaban J connectivity index is 1.56. The van der Waals surface area contributed by atoms with Gasteiger partial charge in [-0.25, -0.2) is 0 Å². The van der Waals surface area contributed by atoms with Gasteiger partial charge in [-0.2, -0.15) is 0 Å². The second kappa shape index (κ2) is 7.42. The van der Waals surface area contributed by atoms with E-state index in [1.807, 2.05) is 11.0 Å². The summed E-state index contributed by atoms with van der Waals surface area (Å²) in [6, 6.07) is 8.66. The predicted octanol–water partition coefficient (Wildman–Crippen LogP) is 3.70. The van der Waals surface area contributed by atoms with Crippen molar-refractivity contribution in [2.45, 2.75) is 70.4 Å². The van der Waals surface area contributed by atoms with Crippen molar-refractivity contribution < 1.29 is 9.59 Å². The van der Waals surface area contributed by atoms with Gasteiger partial charge in [-0.05, 0) is 49.1 Å². The molecule has 2 amide bonds. The highest BCUT2D eigenvalue weighted by atomic mass is 16.2. The zero-order valence-electron chi connectivity index (χ0n) is 15.8. The lowest BCUT2D eigenvalue weighted by Gasteiger charge is -2.45. The predicted molar refractivity (Wildman–Crippen MR) is 102 cm³/mol. The Hall–Kier alpha value is -1.84. The SMILES string of the molecule is CC(=O)N1CCc2ccccc2C1CC(=O)N1CCCC2CCCCC21. The molecule has 4 nitrogen and oxygen atoms in total. The Labute approximate surface area is 156 Å². The molecule has 3 aliphatic rings. The minimum absolute atomic E-state index is 0.0755. The molecular weight excluding hydrogens is 324 g/mol. The van der Waals surface area contributed by atoms with Crippen molar-refractivity contribution in [2.24, 2.45) is 5.92 Å². The summed E-state index contributed by atoms with van der Waals surface area (Å²) >= 11 is 0. The van der Waals surface area contributed by atoms with Crippen molar-refractivity contribution in [3.8, 4) is 0 Å². The number of carbonyl (C=O) groups is 2. The minimum Gasteiger partial charge on any atom is -0.339 e. The smallest absolute Gasteiger partial charge is 0.225 e. The molecule has 0 N–H and O–H groups in total. The maximum Gasteiger partial charge on any atom is 0.225 e. The van der Waals surface area contributed by atoms with Crippen LogP contribution in [0.4, 0.5) is 0 Å². The van der Waals surface area contributed by atoms with E-state index in [-0.39, 0.29) is 17.9 Å².